The Hall–Kier alpha value is -0.0800. The molecule has 1 N–H and O–H groups in total. The van der Waals surface area contributed by atoms with Crippen molar-refractivity contribution in [3.05, 3.63) is 0 Å². The zero-order chi connectivity index (χ0) is 8.55. The molecule has 2 aliphatic heterocycles. The first-order valence-corrected chi connectivity index (χ1v) is 5.11. The van der Waals surface area contributed by atoms with Crippen molar-refractivity contribution in [2.75, 3.05) is 6.61 Å². The maximum absolute atomic E-state index is 5.63. The molecule has 2 fully saturated rings. The van der Waals surface area contributed by atoms with Crippen LogP contribution < -0.4 is 5.32 Å². The summed E-state index contributed by atoms with van der Waals surface area (Å²) >= 11 is 0. The van der Waals surface area contributed by atoms with Crippen molar-refractivity contribution in [3.8, 4) is 0 Å². The highest BCUT2D eigenvalue weighted by molar-refractivity contribution is 4.90. The van der Waals surface area contributed by atoms with Crippen LogP contribution in [0.4, 0.5) is 0 Å². The summed E-state index contributed by atoms with van der Waals surface area (Å²) in [6.45, 7) is 5.53. The van der Waals surface area contributed by atoms with Gasteiger partial charge in [-0.05, 0) is 25.2 Å². The summed E-state index contributed by atoms with van der Waals surface area (Å²) in [6, 6.07) is 1.38. The Kier molecular flexibility index (Phi) is 2.37. The smallest absolute Gasteiger partial charge is 0.0624 e. The van der Waals surface area contributed by atoms with Gasteiger partial charge < -0.3 is 10.1 Å². The van der Waals surface area contributed by atoms with Crippen LogP contribution in [-0.4, -0.2) is 24.8 Å². The van der Waals surface area contributed by atoms with Gasteiger partial charge >= 0.3 is 0 Å². The fraction of sp³-hybridized carbons (Fsp3) is 1.00. The molecule has 0 aliphatic carbocycles. The van der Waals surface area contributed by atoms with Crippen molar-refractivity contribution in [1.29, 1.82) is 0 Å². The van der Waals surface area contributed by atoms with Gasteiger partial charge in [0, 0.05) is 12.1 Å². The Bertz CT molecular complexity index is 146. The summed E-state index contributed by atoms with van der Waals surface area (Å²) in [5.74, 6) is 0.806. The molecule has 2 nitrogen and oxygen atoms in total. The molecule has 2 heterocycles. The molecule has 2 saturated heterocycles. The predicted octanol–water partition coefficient (Wildman–Crippen LogP) is 1.55. The zero-order valence-corrected chi connectivity index (χ0v) is 8.05. The predicted molar refractivity (Wildman–Crippen MR) is 49.1 cm³/mol. The fourth-order valence-electron chi connectivity index (χ4n) is 2.44. The van der Waals surface area contributed by atoms with Gasteiger partial charge in [-0.3, -0.25) is 0 Å². The van der Waals surface area contributed by atoms with E-state index in [-0.39, 0.29) is 0 Å². The highest BCUT2D eigenvalue weighted by Crippen LogP contribution is 2.26. The number of hydrogen-bond acceptors (Lipinski definition) is 2. The van der Waals surface area contributed by atoms with Gasteiger partial charge in [-0.2, -0.15) is 0 Å². The Balaban J connectivity index is 1.85. The lowest BCUT2D eigenvalue weighted by molar-refractivity contribution is 0.102. The van der Waals surface area contributed by atoms with Crippen LogP contribution in [0.15, 0.2) is 0 Å². The first-order valence-electron chi connectivity index (χ1n) is 5.11. The zero-order valence-electron chi connectivity index (χ0n) is 8.05. The third-order valence-corrected chi connectivity index (χ3v) is 2.86. The SMILES string of the molecule is CC(C)CC1CC2CC(CO2)N1. The van der Waals surface area contributed by atoms with Crippen molar-refractivity contribution >= 4 is 0 Å². The Morgan fingerprint density at radius 1 is 1.42 bits per heavy atom. The number of fused-ring (bicyclic) bond motifs is 2. The lowest BCUT2D eigenvalue weighted by atomic mass is 9.93. The molecule has 0 amide bonds. The molecule has 3 unspecified atom stereocenters. The van der Waals surface area contributed by atoms with Crippen LogP contribution in [0.1, 0.15) is 33.1 Å². The standard InChI is InChI=1S/C10H19NO/c1-7(2)3-8-4-10-5-9(11-8)6-12-10/h7-11H,3-6H2,1-2H3. The second kappa shape index (κ2) is 3.35. The summed E-state index contributed by atoms with van der Waals surface area (Å²) < 4.78 is 5.63. The van der Waals surface area contributed by atoms with Crippen molar-refractivity contribution < 1.29 is 4.74 Å². The van der Waals surface area contributed by atoms with E-state index in [2.05, 4.69) is 19.2 Å². The van der Waals surface area contributed by atoms with E-state index in [1.54, 1.807) is 0 Å². The molecular formula is C10H19NO. The normalized spacial score (nSPS) is 40.8. The van der Waals surface area contributed by atoms with E-state index in [0.29, 0.717) is 12.1 Å². The summed E-state index contributed by atoms with van der Waals surface area (Å²) in [4.78, 5) is 0. The van der Waals surface area contributed by atoms with Gasteiger partial charge in [-0.15, -0.1) is 0 Å². The molecule has 0 aromatic heterocycles. The van der Waals surface area contributed by atoms with Crippen molar-refractivity contribution in [1.82, 2.24) is 5.32 Å². The molecule has 0 radical (unpaired) electrons. The Morgan fingerprint density at radius 3 is 2.92 bits per heavy atom. The van der Waals surface area contributed by atoms with Crippen LogP contribution >= 0.6 is 0 Å². The van der Waals surface area contributed by atoms with Crippen LogP contribution in [0, 0.1) is 5.92 Å². The average molecular weight is 169 g/mol. The number of ether oxygens (including phenoxy) is 1. The minimum Gasteiger partial charge on any atom is -0.376 e. The Labute approximate surface area is 74.7 Å². The number of nitrogens with one attached hydrogen (secondary N) is 1. The van der Waals surface area contributed by atoms with E-state index in [4.69, 9.17) is 4.74 Å². The molecule has 12 heavy (non-hydrogen) atoms. The number of hydrogen-bond donors (Lipinski definition) is 1. The van der Waals surface area contributed by atoms with Gasteiger partial charge in [0.1, 0.15) is 0 Å². The van der Waals surface area contributed by atoms with Gasteiger partial charge in [0.25, 0.3) is 0 Å². The van der Waals surface area contributed by atoms with E-state index in [1.165, 1.54) is 19.3 Å². The summed E-state index contributed by atoms with van der Waals surface area (Å²) in [5.41, 5.74) is 0. The van der Waals surface area contributed by atoms with E-state index < -0.39 is 0 Å². The molecule has 2 aliphatic rings. The highest BCUT2D eigenvalue weighted by atomic mass is 16.5. The third-order valence-electron chi connectivity index (χ3n) is 2.86. The Morgan fingerprint density at radius 2 is 2.25 bits per heavy atom. The quantitative estimate of drug-likeness (QED) is 0.677. The topological polar surface area (TPSA) is 21.3 Å². The van der Waals surface area contributed by atoms with E-state index in [0.717, 1.165) is 18.6 Å². The maximum Gasteiger partial charge on any atom is 0.0624 e. The molecule has 0 saturated carbocycles. The van der Waals surface area contributed by atoms with Gasteiger partial charge in [0.15, 0.2) is 0 Å². The minimum absolute atomic E-state index is 0.569. The molecule has 0 aromatic carbocycles. The largest absolute Gasteiger partial charge is 0.376 e. The van der Waals surface area contributed by atoms with Gasteiger partial charge in [-0.1, -0.05) is 13.8 Å². The first-order chi connectivity index (χ1) is 5.74. The lowest BCUT2D eigenvalue weighted by Gasteiger charge is -2.28. The van der Waals surface area contributed by atoms with Crippen molar-refractivity contribution in [3.63, 3.8) is 0 Å². The van der Waals surface area contributed by atoms with Crippen molar-refractivity contribution in [2.45, 2.75) is 51.3 Å². The van der Waals surface area contributed by atoms with Gasteiger partial charge in [0.05, 0.1) is 12.7 Å². The van der Waals surface area contributed by atoms with E-state index in [1.807, 2.05) is 0 Å². The van der Waals surface area contributed by atoms with E-state index >= 15 is 0 Å². The fourth-order valence-corrected chi connectivity index (χ4v) is 2.44. The first kappa shape index (κ1) is 8.52. The monoisotopic (exact) mass is 169 g/mol. The highest BCUT2D eigenvalue weighted by Gasteiger charge is 2.34. The number of rotatable bonds is 2. The van der Waals surface area contributed by atoms with Crippen LogP contribution in [0.3, 0.4) is 0 Å². The third kappa shape index (κ3) is 1.80. The van der Waals surface area contributed by atoms with Crippen LogP contribution in [0.5, 0.6) is 0 Å². The lowest BCUT2D eigenvalue weighted by Crippen LogP contribution is -2.44. The maximum atomic E-state index is 5.63. The van der Waals surface area contributed by atoms with Gasteiger partial charge in [0.2, 0.25) is 0 Å². The molecule has 0 spiro atoms. The summed E-state index contributed by atoms with van der Waals surface area (Å²) in [6.07, 6.45) is 4.35. The van der Waals surface area contributed by atoms with Gasteiger partial charge in [-0.25, -0.2) is 0 Å². The van der Waals surface area contributed by atoms with Crippen molar-refractivity contribution in [2.24, 2.45) is 5.92 Å². The van der Waals surface area contributed by atoms with Crippen LogP contribution in [0.2, 0.25) is 0 Å². The second-order valence-electron chi connectivity index (χ2n) is 4.62. The number of piperidine rings is 1. The summed E-state index contributed by atoms with van der Waals surface area (Å²) in [5, 5.41) is 3.65. The van der Waals surface area contributed by atoms with Crippen LogP contribution in [0.25, 0.3) is 0 Å². The summed E-state index contributed by atoms with van der Waals surface area (Å²) in [7, 11) is 0. The molecule has 0 aromatic rings. The molecule has 2 heteroatoms. The molecular weight excluding hydrogens is 150 g/mol. The van der Waals surface area contributed by atoms with E-state index in [9.17, 15) is 0 Å². The minimum atomic E-state index is 0.569. The molecule has 2 rings (SSSR count). The van der Waals surface area contributed by atoms with Crippen LogP contribution in [-0.2, 0) is 4.74 Å². The molecule has 70 valence electrons. The second-order valence-corrected chi connectivity index (χ2v) is 4.62. The average Bonchev–Trinajstić information content (AvgIpc) is 2.29. The molecule has 2 bridgehead atoms. The molecule has 3 atom stereocenters.